The maximum absolute atomic E-state index is 13.4. The van der Waals surface area contributed by atoms with Crippen LogP contribution < -0.4 is 15.0 Å². The molecule has 36 heavy (non-hydrogen) atoms. The number of nitrogens with one attached hydrogen (secondary N) is 1. The minimum absolute atomic E-state index is 0.0659. The van der Waals surface area contributed by atoms with E-state index in [1.807, 2.05) is 61.9 Å². The Labute approximate surface area is 207 Å². The summed E-state index contributed by atoms with van der Waals surface area (Å²) in [6.07, 6.45) is 1.74. The van der Waals surface area contributed by atoms with Gasteiger partial charge in [-0.15, -0.1) is 0 Å². The van der Waals surface area contributed by atoms with Crippen LogP contribution in [0.3, 0.4) is 0 Å². The van der Waals surface area contributed by atoms with Crippen LogP contribution in [0, 0.1) is 20.8 Å². The van der Waals surface area contributed by atoms with Gasteiger partial charge in [-0.3, -0.25) is 14.5 Å². The summed E-state index contributed by atoms with van der Waals surface area (Å²) in [5.41, 5.74) is 5.13. The van der Waals surface area contributed by atoms with Crippen molar-refractivity contribution in [1.82, 2.24) is 24.7 Å². The summed E-state index contributed by atoms with van der Waals surface area (Å²) < 4.78 is 13.1. The van der Waals surface area contributed by atoms with Crippen molar-refractivity contribution in [2.24, 2.45) is 0 Å². The molecule has 0 saturated heterocycles. The molecule has 0 spiro atoms. The zero-order valence-corrected chi connectivity index (χ0v) is 20.6. The molecule has 2 aromatic carbocycles. The van der Waals surface area contributed by atoms with Crippen LogP contribution in [0.25, 0.3) is 33.2 Å². The molecule has 2 N–H and O–H groups in total. The van der Waals surface area contributed by atoms with Gasteiger partial charge in [0.05, 0.1) is 37.2 Å². The third-order valence-electron chi connectivity index (χ3n) is 6.17. The average Bonchev–Trinajstić information content (AvgIpc) is 3.18. The molecule has 0 bridgehead atoms. The van der Waals surface area contributed by atoms with Crippen LogP contribution in [0.4, 0.5) is 0 Å². The quantitative estimate of drug-likeness (QED) is 0.361. The predicted molar refractivity (Wildman–Crippen MR) is 138 cm³/mol. The second kappa shape index (κ2) is 9.43. The van der Waals surface area contributed by atoms with Crippen molar-refractivity contribution in [1.29, 1.82) is 0 Å². The molecule has 9 nitrogen and oxygen atoms in total. The summed E-state index contributed by atoms with van der Waals surface area (Å²) in [6, 6.07) is 11.4. The highest BCUT2D eigenvalue weighted by Crippen LogP contribution is 2.34. The summed E-state index contributed by atoms with van der Waals surface area (Å²) in [6.45, 7) is 6.36. The Morgan fingerprint density at radius 1 is 1.11 bits per heavy atom. The van der Waals surface area contributed by atoms with Gasteiger partial charge in [0, 0.05) is 17.1 Å². The van der Waals surface area contributed by atoms with E-state index in [4.69, 9.17) is 24.7 Å². The first-order valence-corrected chi connectivity index (χ1v) is 11.6. The molecule has 5 aromatic rings. The number of H-pyrrole nitrogens is 1. The maximum atomic E-state index is 13.4. The average molecular weight is 486 g/mol. The number of aromatic nitrogens is 5. The number of aliphatic hydroxyl groups is 1. The SMILES string of the molecule is COc1cc2c(C)nn(Cc3ccccn3)c2c2nc(-c3cc(C)c(OCCO)c(C)c3)[nH]c(=O)c12. The van der Waals surface area contributed by atoms with E-state index in [0.29, 0.717) is 34.8 Å². The molecule has 0 atom stereocenters. The molecule has 5 rings (SSSR count). The molecular weight excluding hydrogens is 458 g/mol. The highest BCUT2D eigenvalue weighted by atomic mass is 16.5. The predicted octanol–water partition coefficient (Wildman–Crippen LogP) is 3.69. The number of fused-ring (bicyclic) bond motifs is 3. The zero-order chi connectivity index (χ0) is 25.4. The minimum atomic E-state index is -0.298. The van der Waals surface area contributed by atoms with Gasteiger partial charge in [-0.2, -0.15) is 5.10 Å². The number of aliphatic hydroxyl groups excluding tert-OH is 1. The largest absolute Gasteiger partial charge is 0.496 e. The van der Waals surface area contributed by atoms with Gasteiger partial charge in [-0.1, -0.05) is 6.07 Å². The highest BCUT2D eigenvalue weighted by molar-refractivity contribution is 6.07. The van der Waals surface area contributed by atoms with Crippen molar-refractivity contribution in [2.75, 3.05) is 20.3 Å². The normalized spacial score (nSPS) is 11.4. The maximum Gasteiger partial charge on any atom is 0.262 e. The van der Waals surface area contributed by atoms with Crippen molar-refractivity contribution in [3.63, 3.8) is 0 Å². The van der Waals surface area contributed by atoms with Gasteiger partial charge in [0.1, 0.15) is 34.8 Å². The summed E-state index contributed by atoms with van der Waals surface area (Å²) in [5, 5.41) is 15.1. The molecule has 3 heterocycles. The summed E-state index contributed by atoms with van der Waals surface area (Å²) >= 11 is 0. The molecule has 9 heteroatoms. The van der Waals surface area contributed by atoms with Crippen molar-refractivity contribution < 1.29 is 14.6 Å². The van der Waals surface area contributed by atoms with E-state index < -0.39 is 0 Å². The number of hydrogen-bond acceptors (Lipinski definition) is 7. The van der Waals surface area contributed by atoms with E-state index in [-0.39, 0.29) is 18.8 Å². The zero-order valence-electron chi connectivity index (χ0n) is 20.6. The molecule has 0 radical (unpaired) electrons. The van der Waals surface area contributed by atoms with Crippen LogP contribution in [-0.2, 0) is 6.54 Å². The van der Waals surface area contributed by atoms with Crippen LogP contribution in [0.15, 0.2) is 47.4 Å². The van der Waals surface area contributed by atoms with Gasteiger partial charge >= 0.3 is 0 Å². The van der Waals surface area contributed by atoms with Gasteiger partial charge < -0.3 is 19.6 Å². The molecule has 184 valence electrons. The van der Waals surface area contributed by atoms with Gasteiger partial charge in [-0.05, 0) is 62.2 Å². The molecule has 0 aliphatic carbocycles. The molecule has 0 saturated carbocycles. The summed E-state index contributed by atoms with van der Waals surface area (Å²) in [5.74, 6) is 1.59. The fourth-order valence-electron chi connectivity index (χ4n) is 4.61. The third kappa shape index (κ3) is 4.07. The molecule has 0 amide bonds. The first kappa shape index (κ1) is 23.5. The Morgan fingerprint density at radius 3 is 2.56 bits per heavy atom. The third-order valence-corrected chi connectivity index (χ3v) is 6.17. The number of nitrogens with zero attached hydrogens (tertiary/aromatic N) is 4. The van der Waals surface area contributed by atoms with E-state index in [1.165, 1.54) is 0 Å². The topological polar surface area (TPSA) is 115 Å². The van der Waals surface area contributed by atoms with Crippen LogP contribution in [0.2, 0.25) is 0 Å². The molecule has 0 fully saturated rings. The van der Waals surface area contributed by atoms with E-state index >= 15 is 0 Å². The molecule has 0 aliphatic heterocycles. The summed E-state index contributed by atoms with van der Waals surface area (Å²) in [7, 11) is 1.54. The van der Waals surface area contributed by atoms with Gasteiger partial charge in [-0.25, -0.2) is 4.98 Å². The fourth-order valence-corrected chi connectivity index (χ4v) is 4.61. The number of pyridine rings is 1. The first-order valence-electron chi connectivity index (χ1n) is 11.6. The lowest BCUT2D eigenvalue weighted by molar-refractivity contribution is 0.200. The van der Waals surface area contributed by atoms with E-state index in [2.05, 4.69) is 9.97 Å². The lowest BCUT2D eigenvalue weighted by atomic mass is 10.0. The molecule has 0 aliphatic rings. The Balaban J connectivity index is 1.76. The molecular formula is C27H27N5O4. The number of aromatic amines is 1. The van der Waals surface area contributed by atoms with E-state index in [0.717, 1.165) is 39.0 Å². The first-order chi connectivity index (χ1) is 17.4. The van der Waals surface area contributed by atoms with Crippen molar-refractivity contribution in [2.45, 2.75) is 27.3 Å². The Morgan fingerprint density at radius 2 is 1.89 bits per heavy atom. The number of rotatable bonds is 7. The smallest absolute Gasteiger partial charge is 0.262 e. The van der Waals surface area contributed by atoms with Gasteiger partial charge in [0.25, 0.3) is 5.56 Å². The van der Waals surface area contributed by atoms with Crippen LogP contribution in [0.1, 0.15) is 22.5 Å². The number of methoxy groups -OCH3 is 1. The van der Waals surface area contributed by atoms with Crippen LogP contribution in [-0.4, -0.2) is 50.2 Å². The number of hydrogen-bond donors (Lipinski definition) is 2. The number of benzene rings is 2. The Hall–Kier alpha value is -4.24. The number of aryl methyl sites for hydroxylation is 3. The second-order valence-corrected chi connectivity index (χ2v) is 8.69. The van der Waals surface area contributed by atoms with Gasteiger partial charge in [0.15, 0.2) is 0 Å². The van der Waals surface area contributed by atoms with Crippen LogP contribution >= 0.6 is 0 Å². The lowest BCUT2D eigenvalue weighted by Crippen LogP contribution is -2.13. The van der Waals surface area contributed by atoms with Crippen molar-refractivity contribution in [3.05, 3.63) is 75.5 Å². The Kier molecular flexibility index (Phi) is 6.15. The van der Waals surface area contributed by atoms with Crippen molar-refractivity contribution >= 4 is 21.8 Å². The Bertz CT molecular complexity index is 1620. The fraction of sp³-hybridized carbons (Fsp3) is 0.259. The second-order valence-electron chi connectivity index (χ2n) is 8.69. The number of ether oxygens (including phenoxy) is 2. The van der Waals surface area contributed by atoms with Crippen LogP contribution in [0.5, 0.6) is 11.5 Å². The molecule has 0 unspecified atom stereocenters. The van der Waals surface area contributed by atoms with Crippen molar-refractivity contribution in [3.8, 4) is 22.9 Å². The lowest BCUT2D eigenvalue weighted by Gasteiger charge is -2.14. The highest BCUT2D eigenvalue weighted by Gasteiger charge is 2.20. The molecule has 3 aromatic heterocycles. The van der Waals surface area contributed by atoms with Gasteiger partial charge in [0.2, 0.25) is 0 Å². The van der Waals surface area contributed by atoms with E-state index in [1.54, 1.807) is 13.3 Å². The minimum Gasteiger partial charge on any atom is -0.496 e. The monoisotopic (exact) mass is 485 g/mol. The standard InChI is InChI=1S/C27H27N5O4/c1-15-11-18(12-16(2)25(15)36-10-9-33)26-29-23-22(27(34)30-26)21(35-4)13-20-17(3)31-32(24(20)23)14-19-7-5-6-8-28-19/h5-8,11-13,33H,9-10,14H2,1-4H3,(H,29,30,34). The summed E-state index contributed by atoms with van der Waals surface area (Å²) in [4.78, 5) is 25.7. The van der Waals surface area contributed by atoms with E-state index in [9.17, 15) is 4.79 Å².